The molecule has 0 radical (unpaired) electrons. The summed E-state index contributed by atoms with van der Waals surface area (Å²) in [7, 11) is 0. The Labute approximate surface area is 67.0 Å². The molecule has 1 fully saturated rings. The standard InChI is InChI=1S/C9H14N2/c1-2-9(1)11-6-4-8-3-5-10-7-8/h3,5,7,9-11H,1-2,4,6H2. The lowest BCUT2D eigenvalue weighted by atomic mass is 10.2. The molecule has 0 amide bonds. The topological polar surface area (TPSA) is 27.8 Å². The molecule has 1 heterocycles. The van der Waals surface area contributed by atoms with Crippen LogP contribution in [0.1, 0.15) is 18.4 Å². The largest absolute Gasteiger partial charge is 0.367 e. The lowest BCUT2D eigenvalue weighted by molar-refractivity contribution is 0.682. The zero-order chi connectivity index (χ0) is 7.52. The quantitative estimate of drug-likeness (QED) is 0.665. The van der Waals surface area contributed by atoms with Gasteiger partial charge < -0.3 is 10.3 Å². The zero-order valence-corrected chi connectivity index (χ0v) is 6.64. The third-order valence-electron chi connectivity index (χ3n) is 2.09. The number of aromatic amines is 1. The predicted molar refractivity (Wildman–Crippen MR) is 45.5 cm³/mol. The minimum absolute atomic E-state index is 0.842. The third-order valence-corrected chi connectivity index (χ3v) is 2.09. The highest BCUT2D eigenvalue weighted by Crippen LogP contribution is 2.18. The van der Waals surface area contributed by atoms with Crippen molar-refractivity contribution in [1.82, 2.24) is 10.3 Å². The van der Waals surface area contributed by atoms with Crippen LogP contribution in [0.4, 0.5) is 0 Å². The first-order valence-corrected chi connectivity index (χ1v) is 4.30. The SMILES string of the molecule is c1cc(CCNC2CC2)c[nH]1. The summed E-state index contributed by atoms with van der Waals surface area (Å²) >= 11 is 0. The number of hydrogen-bond acceptors (Lipinski definition) is 1. The molecule has 1 aromatic heterocycles. The molecule has 1 saturated carbocycles. The van der Waals surface area contributed by atoms with Gasteiger partial charge in [-0.3, -0.25) is 0 Å². The van der Waals surface area contributed by atoms with Crippen molar-refractivity contribution in [1.29, 1.82) is 0 Å². The Bertz CT molecular complexity index is 199. The number of nitrogens with one attached hydrogen (secondary N) is 2. The molecule has 1 aromatic rings. The van der Waals surface area contributed by atoms with Crippen molar-refractivity contribution >= 4 is 0 Å². The molecule has 11 heavy (non-hydrogen) atoms. The highest BCUT2D eigenvalue weighted by atomic mass is 14.9. The van der Waals surface area contributed by atoms with Gasteiger partial charge in [-0.1, -0.05) is 0 Å². The van der Waals surface area contributed by atoms with Crippen molar-refractivity contribution < 1.29 is 0 Å². The second-order valence-electron chi connectivity index (χ2n) is 3.20. The molecule has 2 rings (SSSR count). The van der Waals surface area contributed by atoms with Crippen molar-refractivity contribution in [3.8, 4) is 0 Å². The summed E-state index contributed by atoms with van der Waals surface area (Å²) in [6.45, 7) is 1.13. The Morgan fingerprint density at radius 2 is 2.45 bits per heavy atom. The Kier molecular flexibility index (Phi) is 1.95. The van der Waals surface area contributed by atoms with Gasteiger partial charge in [0, 0.05) is 18.4 Å². The van der Waals surface area contributed by atoms with Gasteiger partial charge in [0.1, 0.15) is 0 Å². The van der Waals surface area contributed by atoms with Crippen LogP contribution < -0.4 is 5.32 Å². The first-order chi connectivity index (χ1) is 5.45. The number of rotatable bonds is 4. The Morgan fingerprint density at radius 1 is 1.55 bits per heavy atom. The Morgan fingerprint density at radius 3 is 3.09 bits per heavy atom. The highest BCUT2D eigenvalue weighted by Gasteiger charge is 2.19. The zero-order valence-electron chi connectivity index (χ0n) is 6.64. The maximum absolute atomic E-state index is 3.48. The van der Waals surface area contributed by atoms with Crippen LogP contribution in [0, 0.1) is 0 Å². The van der Waals surface area contributed by atoms with Crippen LogP contribution in [0.5, 0.6) is 0 Å². The van der Waals surface area contributed by atoms with Crippen LogP contribution in [0.2, 0.25) is 0 Å². The van der Waals surface area contributed by atoms with Crippen molar-refractivity contribution in [2.45, 2.75) is 25.3 Å². The van der Waals surface area contributed by atoms with E-state index in [9.17, 15) is 0 Å². The van der Waals surface area contributed by atoms with Gasteiger partial charge in [-0.15, -0.1) is 0 Å². The summed E-state index contributed by atoms with van der Waals surface area (Å²) in [6, 6.07) is 2.98. The second-order valence-corrected chi connectivity index (χ2v) is 3.20. The lowest BCUT2D eigenvalue weighted by Crippen LogP contribution is -2.18. The van der Waals surface area contributed by atoms with E-state index in [0.29, 0.717) is 0 Å². The first kappa shape index (κ1) is 6.92. The average molecular weight is 150 g/mol. The van der Waals surface area contributed by atoms with Crippen LogP contribution in [0.15, 0.2) is 18.5 Å². The van der Waals surface area contributed by atoms with Gasteiger partial charge in [-0.25, -0.2) is 0 Å². The van der Waals surface area contributed by atoms with E-state index in [0.717, 1.165) is 19.0 Å². The smallest absolute Gasteiger partial charge is 0.00683 e. The minimum atomic E-state index is 0.842. The fourth-order valence-corrected chi connectivity index (χ4v) is 1.22. The van der Waals surface area contributed by atoms with Crippen molar-refractivity contribution in [2.75, 3.05) is 6.54 Å². The van der Waals surface area contributed by atoms with Crippen LogP contribution in [0.25, 0.3) is 0 Å². The van der Waals surface area contributed by atoms with E-state index >= 15 is 0 Å². The summed E-state index contributed by atoms with van der Waals surface area (Å²) in [5.41, 5.74) is 1.40. The number of hydrogen-bond donors (Lipinski definition) is 2. The van der Waals surface area contributed by atoms with Gasteiger partial charge >= 0.3 is 0 Å². The number of H-pyrrole nitrogens is 1. The summed E-state index contributed by atoms with van der Waals surface area (Å²) in [4.78, 5) is 3.06. The van der Waals surface area contributed by atoms with Gasteiger partial charge in [0.15, 0.2) is 0 Å². The molecule has 0 bridgehead atoms. The average Bonchev–Trinajstić information content (AvgIpc) is 2.66. The molecule has 2 heteroatoms. The van der Waals surface area contributed by atoms with E-state index < -0.39 is 0 Å². The van der Waals surface area contributed by atoms with Crippen molar-refractivity contribution in [3.05, 3.63) is 24.0 Å². The normalized spacial score (nSPS) is 17.1. The molecule has 0 aromatic carbocycles. The molecular formula is C9H14N2. The van der Waals surface area contributed by atoms with Gasteiger partial charge in [0.05, 0.1) is 0 Å². The minimum Gasteiger partial charge on any atom is -0.367 e. The molecule has 0 saturated heterocycles. The monoisotopic (exact) mass is 150 g/mol. The summed E-state index contributed by atoms with van der Waals surface area (Å²) in [6.07, 6.45) is 7.96. The number of aromatic nitrogens is 1. The van der Waals surface area contributed by atoms with Crippen molar-refractivity contribution in [3.63, 3.8) is 0 Å². The molecule has 1 aliphatic carbocycles. The van der Waals surface area contributed by atoms with Crippen LogP contribution in [-0.2, 0) is 6.42 Å². The predicted octanol–water partition coefficient (Wildman–Crippen LogP) is 1.31. The van der Waals surface area contributed by atoms with Crippen LogP contribution in [-0.4, -0.2) is 17.6 Å². The third kappa shape index (κ3) is 2.09. The molecule has 0 unspecified atom stereocenters. The molecular weight excluding hydrogens is 136 g/mol. The van der Waals surface area contributed by atoms with Crippen molar-refractivity contribution in [2.24, 2.45) is 0 Å². The summed E-state index contributed by atoms with van der Waals surface area (Å²) in [5.74, 6) is 0. The molecule has 60 valence electrons. The fourth-order valence-electron chi connectivity index (χ4n) is 1.22. The van der Waals surface area contributed by atoms with E-state index in [-0.39, 0.29) is 0 Å². The lowest BCUT2D eigenvalue weighted by Gasteiger charge is -1.99. The maximum atomic E-state index is 3.48. The summed E-state index contributed by atoms with van der Waals surface area (Å²) in [5, 5.41) is 3.48. The van der Waals surface area contributed by atoms with Gasteiger partial charge in [0.2, 0.25) is 0 Å². The second kappa shape index (κ2) is 3.09. The van der Waals surface area contributed by atoms with Crippen LogP contribution in [0.3, 0.4) is 0 Å². The molecule has 0 atom stereocenters. The summed E-state index contributed by atoms with van der Waals surface area (Å²) < 4.78 is 0. The molecule has 1 aliphatic rings. The van der Waals surface area contributed by atoms with E-state index in [1.807, 2.05) is 6.20 Å². The van der Waals surface area contributed by atoms with E-state index in [1.54, 1.807) is 0 Å². The van der Waals surface area contributed by atoms with Crippen LogP contribution >= 0.6 is 0 Å². The Hall–Kier alpha value is -0.760. The van der Waals surface area contributed by atoms with Gasteiger partial charge in [-0.2, -0.15) is 0 Å². The van der Waals surface area contributed by atoms with E-state index in [4.69, 9.17) is 0 Å². The highest BCUT2D eigenvalue weighted by molar-refractivity contribution is 5.08. The van der Waals surface area contributed by atoms with Gasteiger partial charge in [-0.05, 0) is 37.4 Å². The molecule has 2 nitrogen and oxygen atoms in total. The first-order valence-electron chi connectivity index (χ1n) is 4.30. The fraction of sp³-hybridized carbons (Fsp3) is 0.556. The van der Waals surface area contributed by atoms with E-state index in [2.05, 4.69) is 22.6 Å². The van der Waals surface area contributed by atoms with Gasteiger partial charge in [0.25, 0.3) is 0 Å². The molecule has 2 N–H and O–H groups in total. The Balaban J connectivity index is 1.66. The maximum Gasteiger partial charge on any atom is 0.00683 e. The molecule has 0 aliphatic heterocycles. The molecule has 0 spiro atoms. The van der Waals surface area contributed by atoms with E-state index in [1.165, 1.54) is 18.4 Å².